The van der Waals surface area contributed by atoms with Crippen LogP contribution in [0.1, 0.15) is 21.8 Å². The Morgan fingerprint density at radius 1 is 1.44 bits per heavy atom. The molecule has 1 amide bonds. The van der Waals surface area contributed by atoms with E-state index in [1.807, 2.05) is 18.2 Å². The Kier molecular flexibility index (Phi) is 3.74. The van der Waals surface area contributed by atoms with Gasteiger partial charge in [0.2, 0.25) is 5.76 Å². The highest BCUT2D eigenvalue weighted by Gasteiger charge is 2.11. The molecule has 1 aromatic heterocycles. The van der Waals surface area contributed by atoms with Gasteiger partial charge in [0.25, 0.3) is 5.91 Å². The molecule has 1 aromatic carbocycles. The molecule has 1 N–H and O–H groups in total. The number of anilines is 1. The molecule has 0 unspecified atom stereocenters. The first-order chi connectivity index (χ1) is 8.69. The Morgan fingerprint density at radius 2 is 2.28 bits per heavy atom. The lowest BCUT2D eigenvalue weighted by Gasteiger charge is -2.05. The van der Waals surface area contributed by atoms with Gasteiger partial charge in [-0.05, 0) is 24.6 Å². The lowest BCUT2D eigenvalue weighted by Crippen LogP contribution is -2.11. The summed E-state index contributed by atoms with van der Waals surface area (Å²) in [7, 11) is 1.63. The van der Waals surface area contributed by atoms with Gasteiger partial charge in [-0.2, -0.15) is 0 Å². The minimum absolute atomic E-state index is 0.199. The number of carbonyl (C=O) groups is 1. The van der Waals surface area contributed by atoms with Gasteiger partial charge < -0.3 is 14.6 Å². The van der Waals surface area contributed by atoms with Gasteiger partial charge in [-0.3, -0.25) is 4.79 Å². The fourth-order valence-electron chi connectivity index (χ4n) is 1.57. The number of nitrogens with one attached hydrogen (secondary N) is 1. The van der Waals surface area contributed by atoms with Gasteiger partial charge in [0.05, 0.1) is 12.3 Å². The third kappa shape index (κ3) is 2.95. The van der Waals surface area contributed by atoms with E-state index in [9.17, 15) is 4.79 Å². The van der Waals surface area contributed by atoms with Crippen molar-refractivity contribution in [3.8, 4) is 0 Å². The number of benzene rings is 1. The monoisotopic (exact) mass is 246 g/mol. The number of amides is 1. The Hall–Kier alpha value is -2.14. The van der Waals surface area contributed by atoms with E-state index in [4.69, 9.17) is 9.26 Å². The number of hydrogen-bond acceptors (Lipinski definition) is 4. The van der Waals surface area contributed by atoms with Crippen molar-refractivity contribution < 1.29 is 14.1 Å². The fourth-order valence-corrected chi connectivity index (χ4v) is 1.57. The van der Waals surface area contributed by atoms with E-state index >= 15 is 0 Å². The molecule has 0 saturated heterocycles. The van der Waals surface area contributed by atoms with Crippen molar-refractivity contribution in [3.05, 3.63) is 47.3 Å². The van der Waals surface area contributed by atoms with Crippen molar-refractivity contribution in [1.82, 2.24) is 5.16 Å². The molecule has 0 bridgehead atoms. The number of aryl methyl sites for hydroxylation is 1. The molecule has 0 spiro atoms. The van der Waals surface area contributed by atoms with Crippen molar-refractivity contribution >= 4 is 11.6 Å². The zero-order chi connectivity index (χ0) is 13.0. The molecule has 0 fully saturated rings. The Labute approximate surface area is 105 Å². The number of rotatable bonds is 4. The molecule has 2 rings (SSSR count). The Bertz CT molecular complexity index is 549. The predicted octanol–water partition coefficient (Wildman–Crippen LogP) is 2.38. The number of aromatic nitrogens is 1. The molecule has 0 aliphatic heterocycles. The minimum Gasteiger partial charge on any atom is -0.380 e. The van der Waals surface area contributed by atoms with E-state index in [-0.39, 0.29) is 11.7 Å². The van der Waals surface area contributed by atoms with Crippen molar-refractivity contribution in [3.63, 3.8) is 0 Å². The van der Waals surface area contributed by atoms with Gasteiger partial charge in [0.1, 0.15) is 0 Å². The summed E-state index contributed by atoms with van der Waals surface area (Å²) < 4.78 is 9.92. The SMILES string of the molecule is COCc1cccc(NC(=O)c2cc(C)no2)c1. The molecule has 0 saturated carbocycles. The summed E-state index contributed by atoms with van der Waals surface area (Å²) >= 11 is 0. The van der Waals surface area contributed by atoms with E-state index in [2.05, 4.69) is 10.5 Å². The zero-order valence-electron chi connectivity index (χ0n) is 10.3. The van der Waals surface area contributed by atoms with Crippen molar-refractivity contribution in [2.75, 3.05) is 12.4 Å². The first-order valence-corrected chi connectivity index (χ1v) is 5.51. The van der Waals surface area contributed by atoms with Crippen LogP contribution in [-0.2, 0) is 11.3 Å². The standard InChI is InChI=1S/C13H14N2O3/c1-9-6-12(18-15-9)13(16)14-11-5-3-4-10(7-11)8-17-2/h3-7H,8H2,1-2H3,(H,14,16). The first-order valence-electron chi connectivity index (χ1n) is 5.51. The van der Waals surface area contributed by atoms with E-state index < -0.39 is 0 Å². The summed E-state index contributed by atoms with van der Waals surface area (Å²) in [5, 5.41) is 6.41. The maximum Gasteiger partial charge on any atom is 0.294 e. The smallest absolute Gasteiger partial charge is 0.294 e. The number of ether oxygens (including phenoxy) is 1. The second kappa shape index (κ2) is 5.46. The lowest BCUT2D eigenvalue weighted by molar-refractivity contribution is 0.0988. The van der Waals surface area contributed by atoms with Crippen LogP contribution in [0, 0.1) is 6.92 Å². The molecule has 94 valence electrons. The third-order valence-electron chi connectivity index (χ3n) is 2.35. The summed E-state index contributed by atoms with van der Waals surface area (Å²) in [5.41, 5.74) is 2.36. The second-order valence-corrected chi connectivity index (χ2v) is 3.92. The molecule has 0 aliphatic rings. The third-order valence-corrected chi connectivity index (χ3v) is 2.35. The summed E-state index contributed by atoms with van der Waals surface area (Å²) in [6.07, 6.45) is 0. The van der Waals surface area contributed by atoms with E-state index in [0.717, 1.165) is 5.56 Å². The van der Waals surface area contributed by atoms with Crippen LogP contribution in [0.2, 0.25) is 0 Å². The number of carbonyl (C=O) groups excluding carboxylic acids is 1. The molecule has 1 heterocycles. The Balaban J connectivity index is 2.09. The van der Waals surface area contributed by atoms with Gasteiger partial charge in [-0.1, -0.05) is 17.3 Å². The van der Waals surface area contributed by atoms with Crippen molar-refractivity contribution in [2.45, 2.75) is 13.5 Å². The van der Waals surface area contributed by atoms with E-state index in [0.29, 0.717) is 18.0 Å². The highest BCUT2D eigenvalue weighted by molar-refractivity contribution is 6.02. The van der Waals surface area contributed by atoms with Crippen LogP contribution in [-0.4, -0.2) is 18.2 Å². The van der Waals surface area contributed by atoms with Crippen molar-refractivity contribution in [2.24, 2.45) is 0 Å². The van der Waals surface area contributed by atoms with Crippen LogP contribution in [0.25, 0.3) is 0 Å². The van der Waals surface area contributed by atoms with Gasteiger partial charge in [-0.15, -0.1) is 0 Å². The van der Waals surface area contributed by atoms with Crippen LogP contribution in [0.5, 0.6) is 0 Å². The van der Waals surface area contributed by atoms with Crippen LogP contribution in [0.4, 0.5) is 5.69 Å². The summed E-state index contributed by atoms with van der Waals surface area (Å²) in [6, 6.07) is 9.03. The topological polar surface area (TPSA) is 64.4 Å². The molecule has 0 aliphatic carbocycles. The molecule has 5 heteroatoms. The predicted molar refractivity (Wildman–Crippen MR) is 66.3 cm³/mol. The number of methoxy groups -OCH3 is 1. The molecule has 0 atom stereocenters. The highest BCUT2D eigenvalue weighted by Crippen LogP contribution is 2.13. The second-order valence-electron chi connectivity index (χ2n) is 3.92. The molecular formula is C13H14N2O3. The summed E-state index contributed by atoms with van der Waals surface area (Å²) in [5.74, 6) is -0.116. The number of nitrogens with zero attached hydrogens (tertiary/aromatic N) is 1. The van der Waals surface area contributed by atoms with Crippen LogP contribution in [0.3, 0.4) is 0 Å². The van der Waals surface area contributed by atoms with Crippen LogP contribution >= 0.6 is 0 Å². The maximum atomic E-state index is 11.8. The average Bonchev–Trinajstić information content (AvgIpc) is 2.77. The molecule has 18 heavy (non-hydrogen) atoms. The molecule has 2 aromatic rings. The van der Waals surface area contributed by atoms with Crippen LogP contribution in [0.15, 0.2) is 34.9 Å². The van der Waals surface area contributed by atoms with E-state index in [1.54, 1.807) is 26.2 Å². The number of hydrogen-bond donors (Lipinski definition) is 1. The first kappa shape index (κ1) is 12.3. The zero-order valence-corrected chi connectivity index (χ0v) is 10.3. The summed E-state index contributed by atoms with van der Waals surface area (Å²) in [6.45, 7) is 2.27. The van der Waals surface area contributed by atoms with Gasteiger partial charge in [-0.25, -0.2) is 0 Å². The minimum atomic E-state index is -0.315. The molecule has 5 nitrogen and oxygen atoms in total. The largest absolute Gasteiger partial charge is 0.380 e. The van der Waals surface area contributed by atoms with Gasteiger partial charge in [0, 0.05) is 18.9 Å². The quantitative estimate of drug-likeness (QED) is 0.899. The maximum absolute atomic E-state index is 11.8. The normalized spacial score (nSPS) is 10.3. The highest BCUT2D eigenvalue weighted by atomic mass is 16.5. The fraction of sp³-hybridized carbons (Fsp3) is 0.231. The van der Waals surface area contributed by atoms with Crippen molar-refractivity contribution in [1.29, 1.82) is 0 Å². The lowest BCUT2D eigenvalue weighted by atomic mass is 10.2. The van der Waals surface area contributed by atoms with Crippen LogP contribution < -0.4 is 5.32 Å². The molecular weight excluding hydrogens is 232 g/mol. The average molecular weight is 246 g/mol. The molecule has 0 radical (unpaired) electrons. The Morgan fingerprint density at radius 3 is 2.94 bits per heavy atom. The van der Waals surface area contributed by atoms with Gasteiger partial charge in [0.15, 0.2) is 0 Å². The van der Waals surface area contributed by atoms with E-state index in [1.165, 1.54) is 0 Å². The van der Waals surface area contributed by atoms with Gasteiger partial charge >= 0.3 is 0 Å². The summed E-state index contributed by atoms with van der Waals surface area (Å²) in [4.78, 5) is 11.8.